The highest BCUT2D eigenvalue weighted by Crippen LogP contribution is 2.27. The lowest BCUT2D eigenvalue weighted by atomic mass is 9.85. The van der Waals surface area contributed by atoms with Crippen molar-refractivity contribution in [3.05, 3.63) is 0 Å². The molecule has 0 radical (unpaired) electrons. The number of amides is 1. The summed E-state index contributed by atoms with van der Waals surface area (Å²) < 4.78 is 0. The summed E-state index contributed by atoms with van der Waals surface area (Å²) in [6.07, 6.45) is 9.23. The third kappa shape index (κ3) is 3.98. The maximum absolute atomic E-state index is 12.6. The van der Waals surface area contributed by atoms with Gasteiger partial charge >= 0.3 is 0 Å². The Hall–Kier alpha value is -0.610. The summed E-state index contributed by atoms with van der Waals surface area (Å²) in [5.41, 5.74) is 5.94. The Morgan fingerprint density at radius 1 is 0.905 bits per heavy atom. The average Bonchev–Trinajstić information content (AvgIpc) is 3.01. The van der Waals surface area contributed by atoms with Gasteiger partial charge in [-0.05, 0) is 70.4 Å². The molecule has 3 aliphatic rings. The van der Waals surface area contributed by atoms with Gasteiger partial charge in [0.15, 0.2) is 0 Å². The van der Waals surface area contributed by atoms with Gasteiger partial charge in [0.05, 0.1) is 0 Å². The minimum atomic E-state index is 0.264. The van der Waals surface area contributed by atoms with E-state index in [1.807, 2.05) is 0 Å². The minimum Gasteiger partial charge on any atom is -0.342 e. The molecular formula is C17H31N3O. The molecule has 3 rings (SSSR count). The predicted octanol–water partition coefficient (Wildman–Crippen LogP) is 1.84. The molecule has 21 heavy (non-hydrogen) atoms. The molecule has 0 atom stereocenters. The number of carbonyl (C=O) groups excluding carboxylic acids is 1. The van der Waals surface area contributed by atoms with E-state index >= 15 is 0 Å². The van der Waals surface area contributed by atoms with Crippen LogP contribution in [0.4, 0.5) is 0 Å². The molecule has 4 heteroatoms. The first-order chi connectivity index (χ1) is 10.2. The Bertz CT molecular complexity index is 338. The largest absolute Gasteiger partial charge is 0.342 e. The van der Waals surface area contributed by atoms with Crippen molar-refractivity contribution in [3.63, 3.8) is 0 Å². The molecule has 0 aromatic heterocycles. The highest BCUT2D eigenvalue weighted by atomic mass is 16.2. The summed E-state index contributed by atoms with van der Waals surface area (Å²) in [7, 11) is 0. The van der Waals surface area contributed by atoms with E-state index in [4.69, 9.17) is 5.73 Å². The molecule has 3 fully saturated rings. The van der Waals surface area contributed by atoms with Crippen LogP contribution in [0, 0.1) is 11.8 Å². The van der Waals surface area contributed by atoms with Crippen molar-refractivity contribution in [1.82, 2.24) is 9.80 Å². The zero-order valence-corrected chi connectivity index (χ0v) is 13.3. The highest BCUT2D eigenvalue weighted by molar-refractivity contribution is 5.79. The van der Waals surface area contributed by atoms with Gasteiger partial charge in [0.1, 0.15) is 0 Å². The second-order valence-electron chi connectivity index (χ2n) is 7.39. The van der Waals surface area contributed by atoms with Crippen molar-refractivity contribution in [1.29, 1.82) is 0 Å². The van der Waals surface area contributed by atoms with Crippen LogP contribution in [0.25, 0.3) is 0 Å². The van der Waals surface area contributed by atoms with E-state index in [2.05, 4.69) is 9.80 Å². The minimum absolute atomic E-state index is 0.264. The number of nitrogens with two attached hydrogens (primary N) is 1. The maximum atomic E-state index is 12.6. The number of likely N-dealkylation sites (tertiary alicyclic amines) is 2. The third-order valence-electron chi connectivity index (χ3n) is 5.76. The lowest BCUT2D eigenvalue weighted by Crippen LogP contribution is -2.45. The first kappa shape index (κ1) is 15.3. The van der Waals surface area contributed by atoms with Gasteiger partial charge in [-0.15, -0.1) is 0 Å². The lowest BCUT2D eigenvalue weighted by Gasteiger charge is -2.37. The molecule has 1 saturated carbocycles. The monoisotopic (exact) mass is 293 g/mol. The van der Waals surface area contributed by atoms with Crippen LogP contribution in [-0.2, 0) is 4.79 Å². The van der Waals surface area contributed by atoms with Crippen molar-refractivity contribution in [3.8, 4) is 0 Å². The van der Waals surface area contributed by atoms with E-state index in [1.165, 1.54) is 45.3 Å². The van der Waals surface area contributed by atoms with Gasteiger partial charge < -0.3 is 15.5 Å². The number of carbonyl (C=O) groups is 1. The van der Waals surface area contributed by atoms with E-state index in [9.17, 15) is 4.79 Å². The Labute approximate surface area is 129 Å². The van der Waals surface area contributed by atoms with Gasteiger partial charge in [0.25, 0.3) is 0 Å². The topological polar surface area (TPSA) is 49.6 Å². The van der Waals surface area contributed by atoms with E-state index in [1.54, 1.807) is 0 Å². The van der Waals surface area contributed by atoms with Crippen LogP contribution in [0.15, 0.2) is 0 Å². The predicted molar refractivity (Wildman–Crippen MR) is 84.9 cm³/mol. The fourth-order valence-electron chi connectivity index (χ4n) is 4.29. The number of nitrogens with zero attached hydrogens (tertiary/aromatic N) is 2. The Kier molecular flexibility index (Phi) is 5.17. The number of piperidine rings is 1. The van der Waals surface area contributed by atoms with Gasteiger partial charge in [0.2, 0.25) is 5.91 Å². The summed E-state index contributed by atoms with van der Waals surface area (Å²) in [6, 6.07) is 0.334. The molecular weight excluding hydrogens is 262 g/mol. The van der Waals surface area contributed by atoms with Crippen LogP contribution in [-0.4, -0.2) is 54.5 Å². The molecule has 4 nitrogen and oxygen atoms in total. The fraction of sp³-hybridized carbons (Fsp3) is 0.941. The zero-order valence-electron chi connectivity index (χ0n) is 13.3. The van der Waals surface area contributed by atoms with Crippen LogP contribution in [0.3, 0.4) is 0 Å². The molecule has 0 spiro atoms. The smallest absolute Gasteiger partial charge is 0.225 e. The van der Waals surface area contributed by atoms with E-state index < -0.39 is 0 Å². The van der Waals surface area contributed by atoms with Crippen molar-refractivity contribution in [2.75, 3.05) is 32.7 Å². The molecule has 0 aromatic rings. The van der Waals surface area contributed by atoms with Crippen LogP contribution in [0.2, 0.25) is 0 Å². The molecule has 0 unspecified atom stereocenters. The van der Waals surface area contributed by atoms with E-state index in [0.29, 0.717) is 11.9 Å². The Balaban J connectivity index is 1.41. The summed E-state index contributed by atoms with van der Waals surface area (Å²) in [6.45, 7) is 5.82. The second-order valence-corrected chi connectivity index (χ2v) is 7.39. The van der Waals surface area contributed by atoms with Crippen molar-refractivity contribution < 1.29 is 4.79 Å². The van der Waals surface area contributed by atoms with Gasteiger partial charge in [-0.1, -0.05) is 0 Å². The van der Waals surface area contributed by atoms with Gasteiger partial charge in [-0.2, -0.15) is 0 Å². The van der Waals surface area contributed by atoms with Crippen molar-refractivity contribution >= 4 is 5.91 Å². The van der Waals surface area contributed by atoms with Crippen molar-refractivity contribution in [2.24, 2.45) is 17.6 Å². The Morgan fingerprint density at radius 3 is 2.14 bits per heavy atom. The van der Waals surface area contributed by atoms with Crippen molar-refractivity contribution in [2.45, 2.75) is 57.4 Å². The lowest BCUT2D eigenvalue weighted by molar-refractivity contribution is -0.138. The fourth-order valence-corrected chi connectivity index (χ4v) is 4.29. The quantitative estimate of drug-likeness (QED) is 0.864. The molecule has 120 valence electrons. The molecule has 0 bridgehead atoms. The summed E-state index contributed by atoms with van der Waals surface area (Å²) >= 11 is 0. The highest BCUT2D eigenvalue weighted by Gasteiger charge is 2.31. The number of rotatable bonds is 3. The second kappa shape index (κ2) is 7.10. The van der Waals surface area contributed by atoms with E-state index in [-0.39, 0.29) is 5.92 Å². The Morgan fingerprint density at radius 2 is 1.52 bits per heavy atom. The summed E-state index contributed by atoms with van der Waals surface area (Å²) in [5.74, 6) is 1.49. The molecule has 2 saturated heterocycles. The van der Waals surface area contributed by atoms with Crippen LogP contribution in [0.5, 0.6) is 0 Å². The average molecular weight is 293 g/mol. The van der Waals surface area contributed by atoms with Gasteiger partial charge in [0, 0.05) is 31.6 Å². The first-order valence-electron chi connectivity index (χ1n) is 8.99. The first-order valence-corrected chi connectivity index (χ1v) is 8.99. The van der Waals surface area contributed by atoms with Crippen LogP contribution in [0.1, 0.15) is 51.4 Å². The number of hydrogen-bond donors (Lipinski definition) is 1. The van der Waals surface area contributed by atoms with Crippen LogP contribution < -0.4 is 5.73 Å². The van der Waals surface area contributed by atoms with Crippen LogP contribution >= 0.6 is 0 Å². The standard InChI is InChI=1S/C17H31N3O/c18-16-5-3-15(4-6-16)17(21)20-11-7-14(8-12-20)13-19-9-1-2-10-19/h14-16H,1-13,18H2. The normalized spacial score (nSPS) is 32.5. The third-order valence-corrected chi connectivity index (χ3v) is 5.76. The number of hydrogen-bond acceptors (Lipinski definition) is 3. The molecule has 0 aromatic carbocycles. The summed E-state index contributed by atoms with van der Waals surface area (Å²) in [4.78, 5) is 17.3. The van der Waals surface area contributed by atoms with Gasteiger partial charge in [-0.3, -0.25) is 4.79 Å². The molecule has 1 aliphatic carbocycles. The van der Waals surface area contributed by atoms with E-state index in [0.717, 1.165) is 44.7 Å². The maximum Gasteiger partial charge on any atom is 0.225 e. The molecule has 2 aliphatic heterocycles. The van der Waals surface area contributed by atoms with Gasteiger partial charge in [-0.25, -0.2) is 0 Å². The zero-order chi connectivity index (χ0) is 14.7. The molecule has 2 N–H and O–H groups in total. The SMILES string of the molecule is NC1CCC(C(=O)N2CCC(CN3CCCC3)CC2)CC1. The molecule has 2 heterocycles. The molecule has 1 amide bonds. The summed E-state index contributed by atoms with van der Waals surface area (Å²) in [5, 5.41) is 0.